The monoisotopic (exact) mass is 188 g/mol. The third-order valence-corrected chi connectivity index (χ3v) is 3.03. The van der Waals surface area contributed by atoms with E-state index >= 15 is 0 Å². The van der Waals surface area contributed by atoms with Crippen LogP contribution in [0.1, 0.15) is 59.3 Å². The normalized spacial score (nSPS) is 16.2. The Kier molecular flexibility index (Phi) is 6.35. The summed E-state index contributed by atoms with van der Waals surface area (Å²) in [5.41, 5.74) is -0.245. The Bertz CT molecular complexity index is 123. The minimum atomic E-state index is -1.15. The molecule has 0 radical (unpaired) electrons. The fourth-order valence-corrected chi connectivity index (χ4v) is 1.95. The highest BCUT2D eigenvalue weighted by Crippen LogP contribution is 2.36. The van der Waals surface area contributed by atoms with Crippen molar-refractivity contribution in [1.29, 1.82) is 0 Å². The van der Waals surface area contributed by atoms with Crippen LogP contribution in [0, 0.1) is 5.41 Å². The van der Waals surface area contributed by atoms with E-state index in [1.165, 1.54) is 0 Å². The molecule has 0 heterocycles. The average molecular weight is 188 g/mol. The molecule has 0 aromatic carbocycles. The quantitative estimate of drug-likeness (QED) is 0.603. The molecule has 0 aromatic rings. The van der Waals surface area contributed by atoms with Gasteiger partial charge in [-0.3, -0.25) is 0 Å². The summed E-state index contributed by atoms with van der Waals surface area (Å²) in [5.74, 6) is 0. The van der Waals surface area contributed by atoms with Gasteiger partial charge in [-0.25, -0.2) is 0 Å². The first kappa shape index (κ1) is 12.9. The summed E-state index contributed by atoms with van der Waals surface area (Å²) in [5, 5.41) is 18.8. The molecule has 0 rings (SSSR count). The second kappa shape index (κ2) is 6.39. The maximum Gasteiger partial charge on any atom is 0.157 e. The molecule has 2 heteroatoms. The molecule has 0 aliphatic carbocycles. The summed E-state index contributed by atoms with van der Waals surface area (Å²) in [6.45, 7) is 6.28. The van der Waals surface area contributed by atoms with Crippen molar-refractivity contribution in [2.75, 3.05) is 0 Å². The first-order chi connectivity index (χ1) is 6.13. The van der Waals surface area contributed by atoms with E-state index in [9.17, 15) is 10.2 Å². The Hall–Kier alpha value is -0.0800. The summed E-state index contributed by atoms with van der Waals surface area (Å²) in [6.07, 6.45) is 4.80. The van der Waals surface area contributed by atoms with Gasteiger partial charge in [0, 0.05) is 5.41 Å². The highest BCUT2D eigenvalue weighted by atomic mass is 16.5. The number of unbranched alkanes of at least 4 members (excludes halogenated alkanes) is 1. The predicted octanol–water partition coefficient (Wildman–Crippen LogP) is 2.68. The van der Waals surface area contributed by atoms with Crippen molar-refractivity contribution >= 4 is 0 Å². The molecule has 80 valence electrons. The molecule has 2 N–H and O–H groups in total. The van der Waals surface area contributed by atoms with E-state index in [0.717, 1.165) is 38.5 Å². The molecule has 0 fully saturated rings. The minimum Gasteiger partial charge on any atom is -0.368 e. The number of hydrogen-bond acceptors (Lipinski definition) is 2. The van der Waals surface area contributed by atoms with Crippen LogP contribution in [0.15, 0.2) is 0 Å². The molecule has 1 atom stereocenters. The smallest absolute Gasteiger partial charge is 0.157 e. The second-order valence-corrected chi connectivity index (χ2v) is 3.94. The van der Waals surface area contributed by atoms with Gasteiger partial charge in [0.05, 0.1) is 0 Å². The molecular formula is C11H24O2. The molecule has 0 amide bonds. The van der Waals surface area contributed by atoms with Crippen molar-refractivity contribution in [2.45, 2.75) is 65.6 Å². The summed E-state index contributed by atoms with van der Waals surface area (Å²) in [7, 11) is 0. The molecule has 0 aromatic heterocycles. The molecule has 0 saturated heterocycles. The zero-order chi connectivity index (χ0) is 10.3. The molecule has 0 spiro atoms. The Morgan fingerprint density at radius 1 is 1.00 bits per heavy atom. The largest absolute Gasteiger partial charge is 0.368 e. The van der Waals surface area contributed by atoms with Gasteiger partial charge in [-0.05, 0) is 19.3 Å². The topological polar surface area (TPSA) is 40.5 Å². The van der Waals surface area contributed by atoms with Gasteiger partial charge in [0.1, 0.15) is 0 Å². The second-order valence-electron chi connectivity index (χ2n) is 3.94. The molecule has 0 aliphatic heterocycles. The fraction of sp³-hybridized carbons (Fsp3) is 1.00. The fourth-order valence-electron chi connectivity index (χ4n) is 1.95. The van der Waals surface area contributed by atoms with E-state index < -0.39 is 6.29 Å². The van der Waals surface area contributed by atoms with Gasteiger partial charge in [-0.1, -0.05) is 40.0 Å². The Morgan fingerprint density at radius 3 is 1.92 bits per heavy atom. The van der Waals surface area contributed by atoms with Crippen LogP contribution in [0.25, 0.3) is 0 Å². The summed E-state index contributed by atoms with van der Waals surface area (Å²) in [6, 6.07) is 0. The molecule has 0 aliphatic rings. The number of aliphatic hydroxyl groups is 2. The first-order valence-electron chi connectivity index (χ1n) is 5.49. The third kappa shape index (κ3) is 3.65. The molecule has 0 bridgehead atoms. The summed E-state index contributed by atoms with van der Waals surface area (Å²) in [4.78, 5) is 0. The molecule has 1 unspecified atom stereocenters. The maximum atomic E-state index is 9.38. The van der Waals surface area contributed by atoms with Gasteiger partial charge in [0.2, 0.25) is 0 Å². The third-order valence-electron chi connectivity index (χ3n) is 3.03. The average Bonchev–Trinajstić information content (AvgIpc) is 2.12. The SMILES string of the molecule is CCCCC(CC)(CCC)C(O)O. The Labute approximate surface area is 82.0 Å². The van der Waals surface area contributed by atoms with Gasteiger partial charge < -0.3 is 10.2 Å². The minimum absolute atomic E-state index is 0.245. The number of hydrogen-bond donors (Lipinski definition) is 2. The van der Waals surface area contributed by atoms with Crippen molar-refractivity contribution in [3.63, 3.8) is 0 Å². The summed E-state index contributed by atoms with van der Waals surface area (Å²) >= 11 is 0. The van der Waals surface area contributed by atoms with Crippen LogP contribution in [0.3, 0.4) is 0 Å². The lowest BCUT2D eigenvalue weighted by Gasteiger charge is -2.34. The molecule has 0 saturated carbocycles. The van der Waals surface area contributed by atoms with Crippen LogP contribution in [-0.2, 0) is 0 Å². The maximum absolute atomic E-state index is 9.38. The van der Waals surface area contributed by atoms with Crippen LogP contribution in [0.5, 0.6) is 0 Å². The molecule has 13 heavy (non-hydrogen) atoms. The van der Waals surface area contributed by atoms with Gasteiger partial charge in [0.25, 0.3) is 0 Å². The van der Waals surface area contributed by atoms with Crippen LogP contribution < -0.4 is 0 Å². The lowest BCUT2D eigenvalue weighted by molar-refractivity contribution is -0.144. The molecule has 2 nitrogen and oxygen atoms in total. The van der Waals surface area contributed by atoms with Crippen LogP contribution in [0.4, 0.5) is 0 Å². The standard InChI is InChI=1S/C11H24O2/c1-4-7-9-11(6-3,8-5-2)10(12)13/h10,12-13H,4-9H2,1-3H3. The zero-order valence-corrected chi connectivity index (χ0v) is 9.21. The van der Waals surface area contributed by atoms with E-state index in [0.29, 0.717) is 0 Å². The van der Waals surface area contributed by atoms with Gasteiger partial charge in [-0.15, -0.1) is 0 Å². The van der Waals surface area contributed by atoms with Gasteiger partial charge in [-0.2, -0.15) is 0 Å². The predicted molar refractivity (Wildman–Crippen MR) is 55.4 cm³/mol. The van der Waals surface area contributed by atoms with Gasteiger partial charge in [0.15, 0.2) is 6.29 Å². The van der Waals surface area contributed by atoms with Crippen molar-refractivity contribution in [1.82, 2.24) is 0 Å². The Morgan fingerprint density at radius 2 is 1.62 bits per heavy atom. The van der Waals surface area contributed by atoms with Crippen molar-refractivity contribution in [3.8, 4) is 0 Å². The highest BCUT2D eigenvalue weighted by Gasteiger charge is 2.33. The Balaban J connectivity index is 4.26. The van der Waals surface area contributed by atoms with Crippen molar-refractivity contribution < 1.29 is 10.2 Å². The number of rotatable bonds is 7. The summed E-state index contributed by atoms with van der Waals surface area (Å²) < 4.78 is 0. The van der Waals surface area contributed by atoms with E-state index in [4.69, 9.17) is 0 Å². The van der Waals surface area contributed by atoms with Gasteiger partial charge >= 0.3 is 0 Å². The van der Waals surface area contributed by atoms with E-state index in [1.807, 2.05) is 6.92 Å². The lowest BCUT2D eigenvalue weighted by atomic mass is 9.76. The highest BCUT2D eigenvalue weighted by molar-refractivity contribution is 4.79. The molecular weight excluding hydrogens is 164 g/mol. The van der Waals surface area contributed by atoms with Crippen molar-refractivity contribution in [2.24, 2.45) is 5.41 Å². The van der Waals surface area contributed by atoms with E-state index in [2.05, 4.69) is 13.8 Å². The van der Waals surface area contributed by atoms with E-state index in [-0.39, 0.29) is 5.41 Å². The van der Waals surface area contributed by atoms with Crippen LogP contribution in [0.2, 0.25) is 0 Å². The lowest BCUT2D eigenvalue weighted by Crippen LogP contribution is -2.34. The van der Waals surface area contributed by atoms with Crippen LogP contribution in [-0.4, -0.2) is 16.5 Å². The zero-order valence-electron chi connectivity index (χ0n) is 9.21. The number of aliphatic hydroxyl groups excluding tert-OH is 1. The van der Waals surface area contributed by atoms with Crippen molar-refractivity contribution in [3.05, 3.63) is 0 Å². The van der Waals surface area contributed by atoms with E-state index in [1.54, 1.807) is 0 Å². The van der Waals surface area contributed by atoms with Crippen LogP contribution >= 0.6 is 0 Å². The first-order valence-corrected chi connectivity index (χ1v) is 5.49.